The van der Waals surface area contributed by atoms with E-state index in [0.717, 1.165) is 19.4 Å². The highest BCUT2D eigenvalue weighted by Gasteiger charge is 2.14. The first kappa shape index (κ1) is 13.1. The number of nitrogen functional groups attached to an aromatic ring is 1. The first-order valence-electron chi connectivity index (χ1n) is 6.23. The van der Waals surface area contributed by atoms with Crippen LogP contribution in [-0.2, 0) is 6.54 Å². The van der Waals surface area contributed by atoms with Crippen LogP contribution >= 0.6 is 0 Å². The van der Waals surface area contributed by atoms with Crippen LogP contribution < -0.4 is 11.1 Å². The first-order valence-corrected chi connectivity index (χ1v) is 6.23. The predicted octanol–water partition coefficient (Wildman–Crippen LogP) is 0.707. The molecule has 19 heavy (non-hydrogen) atoms. The van der Waals surface area contributed by atoms with Gasteiger partial charge in [-0.05, 0) is 19.8 Å². The Labute approximate surface area is 111 Å². The van der Waals surface area contributed by atoms with Gasteiger partial charge >= 0.3 is 0 Å². The molecule has 0 aromatic carbocycles. The van der Waals surface area contributed by atoms with Crippen LogP contribution in [0.5, 0.6) is 0 Å². The summed E-state index contributed by atoms with van der Waals surface area (Å²) >= 11 is 0. The van der Waals surface area contributed by atoms with Crippen LogP contribution in [0.1, 0.15) is 29.0 Å². The van der Waals surface area contributed by atoms with E-state index in [1.807, 2.05) is 10.8 Å². The summed E-state index contributed by atoms with van der Waals surface area (Å²) in [5, 5.41) is 9.38. The Kier molecular flexibility index (Phi) is 4.17. The van der Waals surface area contributed by atoms with Crippen LogP contribution in [0.25, 0.3) is 0 Å². The number of hydrogen-bond donors (Lipinski definition) is 3. The van der Waals surface area contributed by atoms with Crippen molar-refractivity contribution in [2.75, 3.05) is 12.3 Å². The van der Waals surface area contributed by atoms with Crippen molar-refractivity contribution in [2.24, 2.45) is 0 Å². The van der Waals surface area contributed by atoms with Crippen molar-refractivity contribution < 1.29 is 4.79 Å². The molecule has 1 amide bonds. The van der Waals surface area contributed by atoms with E-state index >= 15 is 0 Å². The SMILES string of the molecule is Cc1[nH]nc(C(=O)NCCCCn2ccnc2)c1N. The summed E-state index contributed by atoms with van der Waals surface area (Å²) in [5.41, 5.74) is 7.13. The second-order valence-electron chi connectivity index (χ2n) is 4.37. The van der Waals surface area contributed by atoms with Crippen molar-refractivity contribution in [3.63, 3.8) is 0 Å². The summed E-state index contributed by atoms with van der Waals surface area (Å²) in [5.74, 6) is -0.232. The van der Waals surface area contributed by atoms with Gasteiger partial charge in [0.15, 0.2) is 5.69 Å². The van der Waals surface area contributed by atoms with Crippen molar-refractivity contribution >= 4 is 11.6 Å². The highest BCUT2D eigenvalue weighted by molar-refractivity contribution is 5.97. The number of aromatic amines is 1. The van der Waals surface area contributed by atoms with Crippen molar-refractivity contribution in [1.82, 2.24) is 25.1 Å². The first-order chi connectivity index (χ1) is 9.18. The van der Waals surface area contributed by atoms with Crippen molar-refractivity contribution in [3.05, 3.63) is 30.1 Å². The number of aromatic nitrogens is 4. The van der Waals surface area contributed by atoms with Crippen LogP contribution in [0.2, 0.25) is 0 Å². The number of rotatable bonds is 6. The molecule has 2 aromatic rings. The molecule has 0 saturated heterocycles. The van der Waals surface area contributed by atoms with Crippen molar-refractivity contribution in [2.45, 2.75) is 26.3 Å². The number of nitrogens with one attached hydrogen (secondary N) is 2. The Morgan fingerprint density at radius 1 is 1.53 bits per heavy atom. The molecule has 0 saturated carbocycles. The lowest BCUT2D eigenvalue weighted by molar-refractivity contribution is 0.0948. The molecule has 0 radical (unpaired) electrons. The molecule has 0 bridgehead atoms. The van der Waals surface area contributed by atoms with Gasteiger partial charge in [-0.15, -0.1) is 0 Å². The minimum absolute atomic E-state index is 0.232. The molecule has 0 aliphatic rings. The van der Waals surface area contributed by atoms with Crippen LogP contribution in [0, 0.1) is 6.92 Å². The molecule has 0 atom stereocenters. The molecule has 4 N–H and O–H groups in total. The maximum Gasteiger partial charge on any atom is 0.273 e. The molecule has 2 rings (SSSR count). The maximum atomic E-state index is 11.8. The Morgan fingerprint density at radius 3 is 3.00 bits per heavy atom. The maximum absolute atomic E-state index is 11.8. The molecule has 2 heterocycles. The summed E-state index contributed by atoms with van der Waals surface area (Å²) in [6.07, 6.45) is 7.33. The Hall–Kier alpha value is -2.31. The Balaban J connectivity index is 1.68. The molecule has 0 aliphatic carbocycles. The van der Waals surface area contributed by atoms with E-state index in [0.29, 0.717) is 17.9 Å². The fraction of sp³-hybridized carbons (Fsp3) is 0.417. The van der Waals surface area contributed by atoms with E-state index in [1.54, 1.807) is 19.4 Å². The molecule has 7 heteroatoms. The summed E-state index contributed by atoms with van der Waals surface area (Å²) in [4.78, 5) is 15.8. The van der Waals surface area contributed by atoms with E-state index in [9.17, 15) is 4.79 Å². The third-order valence-corrected chi connectivity index (χ3v) is 2.90. The minimum Gasteiger partial charge on any atom is -0.395 e. The van der Waals surface area contributed by atoms with Crippen LogP contribution in [-0.4, -0.2) is 32.2 Å². The lowest BCUT2D eigenvalue weighted by Crippen LogP contribution is -2.25. The van der Waals surface area contributed by atoms with E-state index in [-0.39, 0.29) is 11.6 Å². The topological polar surface area (TPSA) is 102 Å². The van der Waals surface area contributed by atoms with E-state index < -0.39 is 0 Å². The normalized spacial score (nSPS) is 10.6. The molecular formula is C12H18N6O. The molecule has 0 fully saturated rings. The van der Waals surface area contributed by atoms with Gasteiger partial charge in [0.1, 0.15) is 0 Å². The Bertz CT molecular complexity index is 530. The van der Waals surface area contributed by atoms with Gasteiger partial charge in [-0.25, -0.2) is 4.98 Å². The van der Waals surface area contributed by atoms with Crippen molar-refractivity contribution in [3.8, 4) is 0 Å². The van der Waals surface area contributed by atoms with Gasteiger partial charge in [0.25, 0.3) is 5.91 Å². The highest BCUT2D eigenvalue weighted by atomic mass is 16.1. The minimum atomic E-state index is -0.232. The number of carbonyl (C=O) groups is 1. The summed E-state index contributed by atoms with van der Waals surface area (Å²) in [6, 6.07) is 0. The van der Waals surface area contributed by atoms with Crippen LogP contribution in [0.15, 0.2) is 18.7 Å². The van der Waals surface area contributed by atoms with Gasteiger partial charge in [0.2, 0.25) is 0 Å². The number of nitrogens with zero attached hydrogens (tertiary/aromatic N) is 3. The molecule has 0 aliphatic heterocycles. The lowest BCUT2D eigenvalue weighted by atomic mass is 10.2. The summed E-state index contributed by atoms with van der Waals surface area (Å²) in [7, 11) is 0. The van der Waals surface area contributed by atoms with E-state index in [4.69, 9.17) is 5.73 Å². The van der Waals surface area contributed by atoms with E-state index in [1.165, 1.54) is 0 Å². The van der Waals surface area contributed by atoms with Crippen LogP contribution in [0.4, 0.5) is 5.69 Å². The van der Waals surface area contributed by atoms with Gasteiger partial charge in [-0.1, -0.05) is 0 Å². The van der Waals surface area contributed by atoms with Gasteiger partial charge in [0.05, 0.1) is 17.7 Å². The number of amides is 1. The number of hydrogen-bond acceptors (Lipinski definition) is 4. The zero-order chi connectivity index (χ0) is 13.7. The van der Waals surface area contributed by atoms with Gasteiger partial charge in [-0.3, -0.25) is 9.89 Å². The fourth-order valence-corrected chi connectivity index (χ4v) is 1.73. The summed E-state index contributed by atoms with van der Waals surface area (Å²) < 4.78 is 2.01. The monoisotopic (exact) mass is 262 g/mol. The quantitative estimate of drug-likeness (QED) is 0.667. The Morgan fingerprint density at radius 2 is 2.37 bits per heavy atom. The smallest absolute Gasteiger partial charge is 0.273 e. The molecule has 7 nitrogen and oxygen atoms in total. The largest absolute Gasteiger partial charge is 0.395 e. The van der Waals surface area contributed by atoms with Crippen molar-refractivity contribution in [1.29, 1.82) is 0 Å². The number of unbranched alkanes of at least 4 members (excludes halogenated alkanes) is 1. The molecule has 0 spiro atoms. The predicted molar refractivity (Wildman–Crippen MR) is 71.5 cm³/mol. The number of aryl methyl sites for hydroxylation is 2. The molecule has 102 valence electrons. The van der Waals surface area contributed by atoms with Crippen LogP contribution in [0.3, 0.4) is 0 Å². The zero-order valence-corrected chi connectivity index (χ0v) is 10.9. The highest BCUT2D eigenvalue weighted by Crippen LogP contribution is 2.11. The third kappa shape index (κ3) is 3.34. The average Bonchev–Trinajstić information content (AvgIpc) is 3.01. The number of anilines is 1. The van der Waals surface area contributed by atoms with Gasteiger partial charge < -0.3 is 15.6 Å². The molecule has 0 unspecified atom stereocenters. The number of H-pyrrole nitrogens is 1. The number of carbonyl (C=O) groups excluding carboxylic acids is 1. The standard InChI is InChI=1S/C12H18N6O/c1-9-10(13)11(17-16-9)12(19)15-4-2-3-6-18-7-5-14-8-18/h5,7-8H,2-4,6,13H2,1H3,(H,15,19)(H,16,17). The van der Waals surface area contributed by atoms with E-state index in [2.05, 4.69) is 20.5 Å². The fourth-order valence-electron chi connectivity index (χ4n) is 1.73. The lowest BCUT2D eigenvalue weighted by Gasteiger charge is -2.04. The number of nitrogens with two attached hydrogens (primary N) is 1. The summed E-state index contributed by atoms with van der Waals surface area (Å²) in [6.45, 7) is 3.29. The second-order valence-corrected chi connectivity index (χ2v) is 4.37. The molecular weight excluding hydrogens is 244 g/mol. The number of imidazole rings is 1. The van der Waals surface area contributed by atoms with Gasteiger partial charge in [0, 0.05) is 25.5 Å². The van der Waals surface area contributed by atoms with Gasteiger partial charge in [-0.2, -0.15) is 5.10 Å². The average molecular weight is 262 g/mol. The molecule has 2 aromatic heterocycles. The second kappa shape index (κ2) is 6.03. The third-order valence-electron chi connectivity index (χ3n) is 2.90. The zero-order valence-electron chi connectivity index (χ0n) is 10.9.